The maximum atomic E-state index is 14.2. The van der Waals surface area contributed by atoms with Crippen LogP contribution in [0.25, 0.3) is 0 Å². The summed E-state index contributed by atoms with van der Waals surface area (Å²) in [5.74, 6) is -1.61. The third kappa shape index (κ3) is 4.00. The monoisotopic (exact) mass is 478 g/mol. The van der Waals surface area contributed by atoms with Gasteiger partial charge in [-0.05, 0) is 42.2 Å². The molecule has 2 aliphatic heterocycles. The smallest absolute Gasteiger partial charge is 0.241 e. The molecular weight excluding hydrogens is 455 g/mol. The average Bonchev–Trinajstić information content (AvgIpc) is 3.57. The number of carbonyl (C=O) groups excluding carboxylic acids is 3. The molecule has 34 heavy (non-hydrogen) atoms. The first-order valence-corrected chi connectivity index (χ1v) is 12.0. The van der Waals surface area contributed by atoms with Crippen LogP contribution in [-0.4, -0.2) is 44.0 Å². The minimum absolute atomic E-state index is 0.0578. The molecule has 0 bridgehead atoms. The number of carbonyl (C=O) groups is 3. The number of aromatic nitrogens is 2. The quantitative estimate of drug-likeness (QED) is 0.506. The highest BCUT2D eigenvalue weighted by molar-refractivity contribution is 7.09. The van der Waals surface area contributed by atoms with E-state index >= 15 is 0 Å². The molecule has 0 saturated carbocycles. The van der Waals surface area contributed by atoms with Gasteiger partial charge in [-0.25, -0.2) is 9.37 Å². The van der Waals surface area contributed by atoms with Gasteiger partial charge in [0, 0.05) is 43.4 Å². The summed E-state index contributed by atoms with van der Waals surface area (Å²) in [6.07, 6.45) is 6.17. The first-order valence-electron chi connectivity index (χ1n) is 11.2. The highest BCUT2D eigenvalue weighted by atomic mass is 32.1. The molecule has 3 amide bonds. The zero-order valence-corrected chi connectivity index (χ0v) is 19.2. The van der Waals surface area contributed by atoms with Crippen LogP contribution in [0.5, 0.6) is 0 Å². The molecule has 0 radical (unpaired) electrons. The van der Waals surface area contributed by atoms with Crippen LogP contribution in [0.3, 0.4) is 0 Å². The SMILES string of the molecule is O=C1C[C@@](CC(=O)N2CCC[C@H]2c2nccs2)(c2cccc(F)c2)C(=O)N1Cc1cccnc1. The first kappa shape index (κ1) is 22.3. The van der Waals surface area contributed by atoms with Crippen molar-refractivity contribution in [3.05, 3.63) is 82.3 Å². The second kappa shape index (κ2) is 9.06. The Morgan fingerprint density at radius 2 is 2.09 bits per heavy atom. The second-order valence-corrected chi connectivity index (χ2v) is 9.63. The minimum Gasteiger partial charge on any atom is -0.333 e. The van der Waals surface area contributed by atoms with E-state index in [0.29, 0.717) is 17.7 Å². The molecule has 174 valence electrons. The summed E-state index contributed by atoms with van der Waals surface area (Å²) < 4.78 is 14.2. The van der Waals surface area contributed by atoms with Crippen LogP contribution in [0, 0.1) is 5.82 Å². The number of pyridine rings is 1. The lowest BCUT2D eigenvalue weighted by Gasteiger charge is -2.31. The molecule has 0 N–H and O–H groups in total. The van der Waals surface area contributed by atoms with Crippen LogP contribution in [0.2, 0.25) is 0 Å². The second-order valence-electron chi connectivity index (χ2n) is 8.71. The summed E-state index contributed by atoms with van der Waals surface area (Å²) in [5.41, 5.74) is -0.402. The highest BCUT2D eigenvalue weighted by Gasteiger charge is 2.54. The average molecular weight is 479 g/mol. The number of amides is 3. The molecule has 0 spiro atoms. The fourth-order valence-corrected chi connectivity index (χ4v) is 5.75. The van der Waals surface area contributed by atoms with Gasteiger partial charge in [0.1, 0.15) is 10.8 Å². The van der Waals surface area contributed by atoms with Crippen LogP contribution in [0.4, 0.5) is 4.39 Å². The van der Waals surface area contributed by atoms with E-state index < -0.39 is 17.1 Å². The largest absolute Gasteiger partial charge is 0.333 e. The Morgan fingerprint density at radius 3 is 2.82 bits per heavy atom. The number of imide groups is 1. The summed E-state index contributed by atoms with van der Waals surface area (Å²) in [4.78, 5) is 51.8. The molecule has 7 nitrogen and oxygen atoms in total. The number of benzene rings is 1. The van der Waals surface area contributed by atoms with E-state index in [1.165, 1.54) is 29.5 Å². The van der Waals surface area contributed by atoms with E-state index in [9.17, 15) is 18.8 Å². The Bertz CT molecular complexity index is 1220. The van der Waals surface area contributed by atoms with E-state index in [1.807, 2.05) is 5.38 Å². The zero-order chi connectivity index (χ0) is 23.7. The molecule has 5 rings (SSSR count). The van der Waals surface area contributed by atoms with Crippen molar-refractivity contribution in [2.75, 3.05) is 6.54 Å². The number of halogens is 1. The Kier molecular flexibility index (Phi) is 5.95. The van der Waals surface area contributed by atoms with Crippen LogP contribution in [-0.2, 0) is 26.3 Å². The number of rotatable bonds is 6. The van der Waals surface area contributed by atoms with Gasteiger partial charge in [-0.15, -0.1) is 11.3 Å². The Hall–Kier alpha value is -3.46. The van der Waals surface area contributed by atoms with Gasteiger partial charge in [-0.2, -0.15) is 0 Å². The van der Waals surface area contributed by atoms with Crippen molar-refractivity contribution in [2.24, 2.45) is 0 Å². The summed E-state index contributed by atoms with van der Waals surface area (Å²) >= 11 is 1.49. The van der Waals surface area contributed by atoms with Crippen molar-refractivity contribution < 1.29 is 18.8 Å². The number of nitrogens with zero attached hydrogens (tertiary/aromatic N) is 4. The Morgan fingerprint density at radius 1 is 1.21 bits per heavy atom. The molecule has 2 aromatic heterocycles. The maximum Gasteiger partial charge on any atom is 0.241 e. The molecule has 2 aliphatic rings. The molecule has 1 aromatic carbocycles. The van der Waals surface area contributed by atoms with E-state index in [2.05, 4.69) is 9.97 Å². The molecule has 2 saturated heterocycles. The molecule has 0 aliphatic carbocycles. The lowest BCUT2D eigenvalue weighted by molar-refractivity contribution is -0.143. The van der Waals surface area contributed by atoms with Crippen LogP contribution in [0.1, 0.15) is 47.9 Å². The van der Waals surface area contributed by atoms with Gasteiger partial charge in [0.15, 0.2) is 0 Å². The lowest BCUT2D eigenvalue weighted by Crippen LogP contribution is -2.43. The van der Waals surface area contributed by atoms with Gasteiger partial charge in [0.05, 0.1) is 18.0 Å². The topological polar surface area (TPSA) is 83.5 Å². The molecule has 4 heterocycles. The zero-order valence-electron chi connectivity index (χ0n) is 18.4. The fraction of sp³-hybridized carbons (Fsp3) is 0.320. The van der Waals surface area contributed by atoms with Crippen molar-refractivity contribution in [3.8, 4) is 0 Å². The molecule has 3 aromatic rings. The van der Waals surface area contributed by atoms with Gasteiger partial charge in [-0.3, -0.25) is 24.3 Å². The summed E-state index contributed by atoms with van der Waals surface area (Å²) in [5, 5.41) is 2.73. The van der Waals surface area contributed by atoms with Crippen LogP contribution < -0.4 is 0 Å². The molecule has 9 heteroatoms. The molecule has 0 unspecified atom stereocenters. The van der Waals surface area contributed by atoms with Crippen molar-refractivity contribution in [1.82, 2.24) is 19.8 Å². The predicted molar refractivity (Wildman–Crippen MR) is 123 cm³/mol. The highest BCUT2D eigenvalue weighted by Crippen LogP contribution is 2.43. The van der Waals surface area contributed by atoms with Crippen molar-refractivity contribution in [2.45, 2.75) is 43.7 Å². The fourth-order valence-electron chi connectivity index (χ4n) is 4.97. The van der Waals surface area contributed by atoms with Gasteiger partial charge in [0.2, 0.25) is 17.7 Å². The van der Waals surface area contributed by atoms with Gasteiger partial charge < -0.3 is 4.90 Å². The summed E-state index contributed by atoms with van der Waals surface area (Å²) in [6.45, 7) is 0.617. The number of hydrogen-bond acceptors (Lipinski definition) is 6. The molecule has 2 fully saturated rings. The van der Waals surface area contributed by atoms with Crippen molar-refractivity contribution in [3.63, 3.8) is 0 Å². The standard InChI is InChI=1S/C25H23FN4O3S/c26-19-6-1-5-18(12-19)25(13-21(31)29-10-3-7-20(29)23-28-9-11-34-23)14-22(32)30(24(25)33)16-17-4-2-8-27-15-17/h1-2,4-6,8-9,11-12,15,20H,3,7,10,13-14,16H2/t20-,25-/m0/s1. The summed E-state index contributed by atoms with van der Waals surface area (Å²) in [7, 11) is 0. The van der Waals surface area contributed by atoms with E-state index in [0.717, 1.165) is 22.7 Å². The van der Waals surface area contributed by atoms with Crippen molar-refractivity contribution in [1.29, 1.82) is 0 Å². The number of likely N-dealkylation sites (tertiary alicyclic amines) is 2. The minimum atomic E-state index is -1.45. The van der Waals surface area contributed by atoms with Crippen molar-refractivity contribution >= 4 is 29.1 Å². The normalized spacial score (nSPS) is 22.6. The first-order chi connectivity index (χ1) is 16.5. The third-order valence-electron chi connectivity index (χ3n) is 6.61. The Balaban J connectivity index is 1.48. The van der Waals surface area contributed by atoms with E-state index in [1.54, 1.807) is 41.7 Å². The Labute approximate surface area is 200 Å². The lowest BCUT2D eigenvalue weighted by atomic mass is 9.75. The van der Waals surface area contributed by atoms with Crippen LogP contribution >= 0.6 is 11.3 Å². The van der Waals surface area contributed by atoms with Gasteiger partial charge >= 0.3 is 0 Å². The third-order valence-corrected chi connectivity index (χ3v) is 7.49. The van der Waals surface area contributed by atoms with Gasteiger partial charge in [-0.1, -0.05) is 18.2 Å². The maximum absolute atomic E-state index is 14.2. The van der Waals surface area contributed by atoms with Crippen LogP contribution in [0.15, 0.2) is 60.4 Å². The van der Waals surface area contributed by atoms with E-state index in [4.69, 9.17) is 0 Å². The van der Waals surface area contributed by atoms with E-state index in [-0.39, 0.29) is 37.2 Å². The number of hydrogen-bond donors (Lipinski definition) is 0. The molecular formula is C25H23FN4O3S. The predicted octanol–water partition coefficient (Wildman–Crippen LogP) is 3.63. The summed E-state index contributed by atoms with van der Waals surface area (Å²) in [6, 6.07) is 9.04. The number of thiazole rings is 1. The molecule has 2 atom stereocenters. The van der Waals surface area contributed by atoms with Gasteiger partial charge in [0.25, 0.3) is 0 Å².